The number of carbonyl (C=O) groups is 1. The molecule has 0 radical (unpaired) electrons. The fraction of sp³-hybridized carbons (Fsp3) is 0.562. The third-order valence-corrected chi connectivity index (χ3v) is 4.36. The van der Waals surface area contributed by atoms with Crippen molar-refractivity contribution in [3.8, 4) is 5.75 Å². The molecule has 1 aliphatic carbocycles. The number of nitrogens with zero attached hydrogens (tertiary/aromatic N) is 1. The van der Waals surface area contributed by atoms with Crippen molar-refractivity contribution >= 4 is 11.6 Å². The first-order valence-corrected chi connectivity index (χ1v) is 7.62. The Labute approximate surface area is 125 Å². The van der Waals surface area contributed by atoms with Gasteiger partial charge in [0.05, 0.1) is 7.11 Å². The van der Waals surface area contributed by atoms with Gasteiger partial charge in [0.25, 0.3) is 5.91 Å². The van der Waals surface area contributed by atoms with Crippen LogP contribution in [0.15, 0.2) is 18.2 Å². The van der Waals surface area contributed by atoms with E-state index in [0.717, 1.165) is 19.1 Å². The average molecular weight is 289 g/mol. The predicted molar refractivity (Wildman–Crippen MR) is 82.4 cm³/mol. The van der Waals surface area contributed by atoms with Gasteiger partial charge in [-0.1, -0.05) is 0 Å². The van der Waals surface area contributed by atoms with Gasteiger partial charge in [0.1, 0.15) is 5.75 Å². The van der Waals surface area contributed by atoms with Gasteiger partial charge in [-0.25, -0.2) is 0 Å². The predicted octanol–water partition coefficient (Wildman–Crippen LogP) is 1.49. The van der Waals surface area contributed by atoms with Crippen LogP contribution >= 0.6 is 0 Å². The van der Waals surface area contributed by atoms with E-state index < -0.39 is 0 Å². The largest absolute Gasteiger partial charge is 0.497 e. The van der Waals surface area contributed by atoms with Gasteiger partial charge >= 0.3 is 0 Å². The number of hydrogen-bond donors (Lipinski definition) is 2. The summed E-state index contributed by atoms with van der Waals surface area (Å²) >= 11 is 0. The smallest absolute Gasteiger partial charge is 0.251 e. The second-order valence-electron chi connectivity index (χ2n) is 6.09. The third-order valence-electron chi connectivity index (χ3n) is 4.36. The molecule has 1 saturated carbocycles. The lowest BCUT2D eigenvalue weighted by atomic mass is 10.1. The van der Waals surface area contributed by atoms with E-state index in [4.69, 9.17) is 10.5 Å². The van der Waals surface area contributed by atoms with E-state index in [1.165, 1.54) is 25.8 Å². The fourth-order valence-electron chi connectivity index (χ4n) is 3.01. The van der Waals surface area contributed by atoms with Crippen molar-refractivity contribution in [2.45, 2.75) is 25.3 Å². The van der Waals surface area contributed by atoms with Gasteiger partial charge in [0.2, 0.25) is 0 Å². The number of benzene rings is 1. The zero-order valence-corrected chi connectivity index (χ0v) is 12.5. The molecule has 0 aromatic heterocycles. The molecule has 2 fully saturated rings. The number of hydrogen-bond acceptors (Lipinski definition) is 4. The quantitative estimate of drug-likeness (QED) is 0.806. The number of nitrogen functional groups attached to an aromatic ring is 1. The van der Waals surface area contributed by atoms with Crippen molar-refractivity contribution in [1.29, 1.82) is 0 Å². The van der Waals surface area contributed by atoms with E-state index >= 15 is 0 Å². The lowest BCUT2D eigenvalue weighted by molar-refractivity contribution is 0.0947. The van der Waals surface area contributed by atoms with Crippen molar-refractivity contribution in [3.05, 3.63) is 23.8 Å². The molecule has 1 aliphatic heterocycles. The van der Waals surface area contributed by atoms with Crippen molar-refractivity contribution in [3.63, 3.8) is 0 Å². The molecule has 0 bridgehead atoms. The molecule has 3 N–H and O–H groups in total. The van der Waals surface area contributed by atoms with Gasteiger partial charge in [-0.15, -0.1) is 0 Å². The van der Waals surface area contributed by atoms with E-state index in [-0.39, 0.29) is 5.91 Å². The second-order valence-corrected chi connectivity index (χ2v) is 6.09. The molecule has 3 rings (SSSR count). The highest BCUT2D eigenvalue weighted by Crippen LogP contribution is 2.31. The first kappa shape index (κ1) is 14.2. The summed E-state index contributed by atoms with van der Waals surface area (Å²) in [6.45, 7) is 3.03. The molecule has 5 heteroatoms. The molecule has 1 amide bonds. The number of amides is 1. The van der Waals surface area contributed by atoms with E-state index in [9.17, 15) is 4.79 Å². The van der Waals surface area contributed by atoms with Crippen LogP contribution in [-0.2, 0) is 0 Å². The molecule has 114 valence electrons. The van der Waals surface area contributed by atoms with Crippen LogP contribution in [-0.4, -0.2) is 43.6 Å². The maximum atomic E-state index is 12.2. The van der Waals surface area contributed by atoms with Gasteiger partial charge in [-0.05, 0) is 43.9 Å². The third kappa shape index (κ3) is 3.47. The van der Waals surface area contributed by atoms with Gasteiger partial charge in [-0.2, -0.15) is 0 Å². The Morgan fingerprint density at radius 1 is 1.38 bits per heavy atom. The number of ether oxygens (including phenoxy) is 1. The lowest BCUT2D eigenvalue weighted by Crippen LogP contribution is -2.31. The minimum absolute atomic E-state index is 0.0783. The van der Waals surface area contributed by atoms with Crippen LogP contribution in [0.5, 0.6) is 5.75 Å². The zero-order chi connectivity index (χ0) is 14.8. The summed E-state index contributed by atoms with van der Waals surface area (Å²) in [5.41, 5.74) is 6.88. The fourth-order valence-corrected chi connectivity index (χ4v) is 3.01. The summed E-state index contributed by atoms with van der Waals surface area (Å²) in [5, 5.41) is 3.02. The topological polar surface area (TPSA) is 67.6 Å². The standard InChI is InChI=1S/C16H23N3O2/c1-21-15-7-12(6-13(17)8-15)16(20)18-9-11-4-5-19(10-11)14-2-3-14/h6-8,11,14H,2-5,9-10,17H2,1H3,(H,18,20). The van der Waals surface area contributed by atoms with E-state index in [1.807, 2.05) is 0 Å². The molecule has 1 unspecified atom stereocenters. The summed E-state index contributed by atoms with van der Waals surface area (Å²) in [4.78, 5) is 14.8. The Balaban J connectivity index is 1.53. The summed E-state index contributed by atoms with van der Waals surface area (Å²) in [7, 11) is 1.57. The van der Waals surface area contributed by atoms with E-state index in [2.05, 4.69) is 10.2 Å². The number of carbonyl (C=O) groups excluding carboxylic acids is 1. The molecule has 1 aromatic carbocycles. The van der Waals surface area contributed by atoms with Crippen LogP contribution < -0.4 is 15.8 Å². The van der Waals surface area contributed by atoms with Gasteiger partial charge in [0, 0.05) is 36.4 Å². The van der Waals surface area contributed by atoms with Gasteiger partial charge < -0.3 is 20.7 Å². The number of rotatable bonds is 5. The number of methoxy groups -OCH3 is 1. The molecule has 1 saturated heterocycles. The summed E-state index contributed by atoms with van der Waals surface area (Å²) in [6, 6.07) is 5.94. The molecule has 1 atom stereocenters. The SMILES string of the molecule is COc1cc(N)cc(C(=O)NCC2CCN(C3CC3)C2)c1. The van der Waals surface area contributed by atoms with Crippen molar-refractivity contribution in [2.24, 2.45) is 5.92 Å². The monoisotopic (exact) mass is 289 g/mol. The zero-order valence-electron chi connectivity index (χ0n) is 12.5. The highest BCUT2D eigenvalue weighted by molar-refractivity contribution is 5.95. The number of anilines is 1. The van der Waals surface area contributed by atoms with Crippen molar-refractivity contribution < 1.29 is 9.53 Å². The van der Waals surface area contributed by atoms with Crippen LogP contribution in [0.1, 0.15) is 29.6 Å². The summed E-state index contributed by atoms with van der Waals surface area (Å²) < 4.78 is 5.14. The van der Waals surface area contributed by atoms with Crippen LogP contribution in [0, 0.1) is 5.92 Å². The van der Waals surface area contributed by atoms with Crippen LogP contribution in [0.3, 0.4) is 0 Å². The van der Waals surface area contributed by atoms with Gasteiger partial charge in [-0.3, -0.25) is 4.79 Å². The minimum Gasteiger partial charge on any atom is -0.497 e. The first-order chi connectivity index (χ1) is 10.2. The lowest BCUT2D eigenvalue weighted by Gasteiger charge is -2.15. The molecular weight excluding hydrogens is 266 g/mol. The number of nitrogens with two attached hydrogens (primary N) is 1. The molecule has 1 aromatic rings. The highest BCUT2D eigenvalue weighted by atomic mass is 16.5. The Kier molecular flexibility index (Phi) is 4.01. The normalized spacial score (nSPS) is 22.2. The Morgan fingerprint density at radius 3 is 2.90 bits per heavy atom. The Morgan fingerprint density at radius 2 is 2.19 bits per heavy atom. The van der Waals surface area contributed by atoms with Crippen LogP contribution in [0.2, 0.25) is 0 Å². The Bertz CT molecular complexity index is 528. The first-order valence-electron chi connectivity index (χ1n) is 7.62. The molecule has 1 heterocycles. The van der Waals surface area contributed by atoms with Gasteiger partial charge in [0.15, 0.2) is 0 Å². The summed E-state index contributed by atoms with van der Waals surface area (Å²) in [6.07, 6.45) is 3.88. The summed E-state index contributed by atoms with van der Waals surface area (Å²) in [5.74, 6) is 1.10. The van der Waals surface area contributed by atoms with Crippen molar-refractivity contribution in [2.75, 3.05) is 32.5 Å². The van der Waals surface area contributed by atoms with Crippen molar-refractivity contribution in [1.82, 2.24) is 10.2 Å². The number of nitrogens with one attached hydrogen (secondary N) is 1. The van der Waals surface area contributed by atoms with Crippen LogP contribution in [0.4, 0.5) is 5.69 Å². The molecular formula is C16H23N3O2. The Hall–Kier alpha value is -1.75. The molecule has 0 spiro atoms. The minimum atomic E-state index is -0.0783. The maximum absolute atomic E-state index is 12.2. The molecule has 2 aliphatic rings. The van der Waals surface area contributed by atoms with E-state index in [1.54, 1.807) is 25.3 Å². The van der Waals surface area contributed by atoms with E-state index in [0.29, 0.717) is 22.9 Å². The maximum Gasteiger partial charge on any atom is 0.251 e. The average Bonchev–Trinajstić information content (AvgIpc) is 3.23. The number of likely N-dealkylation sites (tertiary alicyclic amines) is 1. The highest BCUT2D eigenvalue weighted by Gasteiger charge is 2.34. The van der Waals surface area contributed by atoms with Crippen LogP contribution in [0.25, 0.3) is 0 Å². The molecule has 21 heavy (non-hydrogen) atoms. The molecule has 5 nitrogen and oxygen atoms in total. The second kappa shape index (κ2) is 5.93.